The summed E-state index contributed by atoms with van der Waals surface area (Å²) in [6.07, 6.45) is 5.15. The van der Waals surface area contributed by atoms with Gasteiger partial charge in [0.15, 0.2) is 0 Å². The van der Waals surface area contributed by atoms with Crippen LogP contribution in [-0.2, 0) is 9.53 Å². The number of Topliss-reactive ketones (excluding diaryl/α,β-unsaturated/α-hetero) is 1. The zero-order chi connectivity index (χ0) is 12.9. The van der Waals surface area contributed by atoms with Crippen molar-refractivity contribution in [3.05, 3.63) is 0 Å². The highest BCUT2D eigenvalue weighted by Gasteiger charge is 2.40. The molecule has 0 aromatic rings. The Morgan fingerprint density at radius 1 is 1.29 bits per heavy atom. The first-order valence-electron chi connectivity index (χ1n) is 5.95. The lowest BCUT2D eigenvalue weighted by atomic mass is 9.77. The quantitative estimate of drug-likeness (QED) is 0.750. The molecule has 0 radical (unpaired) electrons. The summed E-state index contributed by atoms with van der Waals surface area (Å²) in [4.78, 5) is 25.0. The number of methoxy groups -OCH3 is 1. The molecule has 0 heterocycles. The third-order valence-corrected chi connectivity index (χ3v) is 4.24. The molecule has 1 aliphatic carbocycles. The zero-order valence-corrected chi connectivity index (χ0v) is 12.1. The Morgan fingerprint density at radius 2 is 1.88 bits per heavy atom. The summed E-state index contributed by atoms with van der Waals surface area (Å²) in [5, 5.41) is 0.351. The second-order valence-corrected chi connectivity index (χ2v) is 5.22. The van der Waals surface area contributed by atoms with E-state index in [1.807, 2.05) is 0 Å². The molecule has 5 heteroatoms. The number of rotatable bonds is 4. The lowest BCUT2D eigenvalue weighted by molar-refractivity contribution is -0.119. The highest BCUT2D eigenvalue weighted by molar-refractivity contribution is 9.09. The Balaban J connectivity index is 2.84. The van der Waals surface area contributed by atoms with Crippen LogP contribution in [0.2, 0.25) is 0 Å². The van der Waals surface area contributed by atoms with E-state index in [0.717, 1.165) is 25.7 Å². The monoisotopic (exact) mass is 305 g/mol. The largest absolute Gasteiger partial charge is 0.453 e. The van der Waals surface area contributed by atoms with Crippen LogP contribution >= 0.6 is 15.9 Å². The molecule has 0 aromatic carbocycles. The molecule has 0 spiro atoms. The highest BCUT2D eigenvalue weighted by atomic mass is 79.9. The second kappa shape index (κ2) is 6.38. The van der Waals surface area contributed by atoms with Crippen LogP contribution in [0, 0.1) is 0 Å². The van der Waals surface area contributed by atoms with Gasteiger partial charge in [-0.3, -0.25) is 4.79 Å². The molecule has 4 nitrogen and oxygen atoms in total. The van der Waals surface area contributed by atoms with Gasteiger partial charge in [0.25, 0.3) is 0 Å². The molecule has 0 N–H and O–H groups in total. The van der Waals surface area contributed by atoms with Crippen LogP contribution in [0.5, 0.6) is 0 Å². The Bertz CT molecular complexity index is 287. The van der Waals surface area contributed by atoms with Gasteiger partial charge in [0.05, 0.1) is 18.0 Å². The maximum absolute atomic E-state index is 11.7. The number of halogens is 1. The van der Waals surface area contributed by atoms with Crippen LogP contribution in [-0.4, -0.2) is 41.8 Å². The predicted octanol–water partition coefficient (Wildman–Crippen LogP) is 2.74. The maximum atomic E-state index is 11.7. The average molecular weight is 306 g/mol. The minimum Gasteiger partial charge on any atom is -0.453 e. The van der Waals surface area contributed by atoms with Gasteiger partial charge in [0.2, 0.25) is 0 Å². The molecule has 0 aromatic heterocycles. The first kappa shape index (κ1) is 14.5. The van der Waals surface area contributed by atoms with Crippen LogP contribution in [0.4, 0.5) is 4.79 Å². The number of carbonyl (C=O) groups is 2. The summed E-state index contributed by atoms with van der Waals surface area (Å²) in [7, 11) is 3.11. The Kier molecular flexibility index (Phi) is 5.43. The predicted molar refractivity (Wildman–Crippen MR) is 69.4 cm³/mol. The molecule has 0 saturated heterocycles. The summed E-state index contributed by atoms with van der Waals surface area (Å²) in [5.41, 5.74) is -0.337. The minimum atomic E-state index is -0.353. The molecule has 1 saturated carbocycles. The standard InChI is InChI=1S/C12H20BrNO3/c1-14(11(16)17-2)12(8-10(15)9-13)6-4-3-5-7-12/h3-9H2,1-2H3. The summed E-state index contributed by atoms with van der Waals surface area (Å²) in [6.45, 7) is 0. The van der Waals surface area contributed by atoms with E-state index in [0.29, 0.717) is 11.8 Å². The third kappa shape index (κ3) is 3.44. The van der Waals surface area contributed by atoms with Crippen molar-refractivity contribution < 1.29 is 14.3 Å². The third-order valence-electron chi connectivity index (χ3n) is 3.62. The van der Waals surface area contributed by atoms with Gasteiger partial charge in [-0.15, -0.1) is 0 Å². The summed E-state index contributed by atoms with van der Waals surface area (Å²) in [6, 6.07) is 0. The van der Waals surface area contributed by atoms with Crippen molar-refractivity contribution in [3.63, 3.8) is 0 Å². The number of nitrogens with zero attached hydrogens (tertiary/aromatic N) is 1. The first-order valence-corrected chi connectivity index (χ1v) is 7.07. The van der Waals surface area contributed by atoms with Crippen molar-refractivity contribution in [2.45, 2.75) is 44.1 Å². The topological polar surface area (TPSA) is 46.6 Å². The van der Waals surface area contributed by atoms with Gasteiger partial charge >= 0.3 is 6.09 Å². The lowest BCUT2D eigenvalue weighted by Crippen LogP contribution is -2.52. The second-order valence-electron chi connectivity index (χ2n) is 4.66. The van der Waals surface area contributed by atoms with Crippen molar-refractivity contribution in [2.24, 2.45) is 0 Å². The van der Waals surface area contributed by atoms with E-state index in [2.05, 4.69) is 15.9 Å². The zero-order valence-electron chi connectivity index (χ0n) is 10.5. The number of amides is 1. The van der Waals surface area contributed by atoms with Gasteiger partial charge < -0.3 is 9.64 Å². The van der Waals surface area contributed by atoms with E-state index in [9.17, 15) is 9.59 Å². The van der Waals surface area contributed by atoms with E-state index < -0.39 is 0 Å². The van der Waals surface area contributed by atoms with Gasteiger partial charge in [-0.2, -0.15) is 0 Å². The van der Waals surface area contributed by atoms with Crippen LogP contribution < -0.4 is 0 Å². The molecule has 1 rings (SSSR count). The molecule has 1 amide bonds. The fourth-order valence-corrected chi connectivity index (χ4v) is 2.78. The molecule has 98 valence electrons. The summed E-state index contributed by atoms with van der Waals surface area (Å²) in [5.74, 6) is 0.141. The summed E-state index contributed by atoms with van der Waals surface area (Å²) < 4.78 is 4.77. The molecule has 1 aliphatic rings. The van der Waals surface area contributed by atoms with Crippen LogP contribution in [0.15, 0.2) is 0 Å². The fraction of sp³-hybridized carbons (Fsp3) is 0.833. The number of hydrogen-bond acceptors (Lipinski definition) is 3. The Hall–Kier alpha value is -0.580. The SMILES string of the molecule is COC(=O)N(C)C1(CC(=O)CBr)CCCCC1. The van der Waals surface area contributed by atoms with Crippen molar-refractivity contribution in [1.29, 1.82) is 0 Å². The van der Waals surface area contributed by atoms with E-state index in [1.165, 1.54) is 13.5 Å². The molecule has 1 fully saturated rings. The minimum absolute atomic E-state index is 0.141. The molecule has 0 aliphatic heterocycles. The van der Waals surface area contributed by atoms with E-state index in [-0.39, 0.29) is 17.4 Å². The molecule has 0 bridgehead atoms. The number of alkyl halides is 1. The molecule has 0 atom stereocenters. The van der Waals surface area contributed by atoms with E-state index in [4.69, 9.17) is 4.74 Å². The van der Waals surface area contributed by atoms with Gasteiger partial charge in [0, 0.05) is 13.5 Å². The Morgan fingerprint density at radius 3 is 2.35 bits per heavy atom. The van der Waals surface area contributed by atoms with E-state index >= 15 is 0 Å². The van der Waals surface area contributed by atoms with Crippen LogP contribution in [0.3, 0.4) is 0 Å². The normalized spacial score (nSPS) is 18.5. The maximum Gasteiger partial charge on any atom is 0.409 e. The van der Waals surface area contributed by atoms with Crippen molar-refractivity contribution in [1.82, 2.24) is 4.90 Å². The lowest BCUT2D eigenvalue weighted by Gasteiger charge is -2.43. The van der Waals surface area contributed by atoms with Gasteiger partial charge in [0.1, 0.15) is 5.78 Å². The van der Waals surface area contributed by atoms with Gasteiger partial charge in [-0.1, -0.05) is 35.2 Å². The van der Waals surface area contributed by atoms with Crippen molar-refractivity contribution in [2.75, 3.05) is 19.5 Å². The number of ketones is 1. The molecule has 0 unspecified atom stereocenters. The highest BCUT2D eigenvalue weighted by Crippen LogP contribution is 2.36. The first-order chi connectivity index (χ1) is 8.05. The van der Waals surface area contributed by atoms with Crippen LogP contribution in [0.25, 0.3) is 0 Å². The van der Waals surface area contributed by atoms with Gasteiger partial charge in [-0.25, -0.2) is 4.79 Å². The van der Waals surface area contributed by atoms with Crippen molar-refractivity contribution >= 4 is 27.8 Å². The van der Waals surface area contributed by atoms with Crippen molar-refractivity contribution in [3.8, 4) is 0 Å². The van der Waals surface area contributed by atoms with Crippen LogP contribution in [0.1, 0.15) is 38.5 Å². The molecule has 17 heavy (non-hydrogen) atoms. The molecular weight excluding hydrogens is 286 g/mol. The number of hydrogen-bond donors (Lipinski definition) is 0. The fourth-order valence-electron chi connectivity index (χ4n) is 2.59. The molecular formula is C12H20BrNO3. The van der Waals surface area contributed by atoms with Gasteiger partial charge in [-0.05, 0) is 12.8 Å². The number of ether oxygens (including phenoxy) is 1. The average Bonchev–Trinajstić information content (AvgIpc) is 2.37. The summed E-state index contributed by atoms with van der Waals surface area (Å²) >= 11 is 3.18. The van der Waals surface area contributed by atoms with E-state index in [1.54, 1.807) is 11.9 Å². The smallest absolute Gasteiger partial charge is 0.409 e. The number of carbonyl (C=O) groups excluding carboxylic acids is 2. The Labute approximate surface area is 111 Å².